The van der Waals surface area contributed by atoms with E-state index in [1.165, 1.54) is 11.8 Å². The van der Waals surface area contributed by atoms with Crippen molar-refractivity contribution in [2.75, 3.05) is 18.6 Å². The van der Waals surface area contributed by atoms with E-state index in [1.54, 1.807) is 6.26 Å². The number of rotatable bonds is 14. The molecule has 0 aromatic rings. The Morgan fingerprint density at radius 2 is 1.64 bits per heavy atom. The van der Waals surface area contributed by atoms with Crippen LogP contribution in [0.2, 0.25) is 0 Å². The molecule has 3 atom stereocenters. The molecular weight excluding hydrogens is 392 g/mol. The van der Waals surface area contributed by atoms with Crippen molar-refractivity contribution in [3.05, 3.63) is 0 Å². The fraction of sp³-hybridized carbons (Fsp3) is 0.667. The lowest BCUT2D eigenvalue weighted by molar-refractivity contribution is -0.143. The molecule has 0 unspecified atom stereocenters. The molecule has 0 radical (unpaired) electrons. The minimum Gasteiger partial charge on any atom is -0.481 e. The SMILES string of the molecule is CSCC[C@H](NC(=O)[C@@H](N)CC(=O)O)C(=O)N[C@@H](CCCN=C(N)N)C(=O)O. The Morgan fingerprint density at radius 3 is 2.14 bits per heavy atom. The third-order valence-corrected chi connectivity index (χ3v) is 4.18. The highest BCUT2D eigenvalue weighted by atomic mass is 32.2. The minimum absolute atomic E-state index is 0.0829. The molecule has 13 heteroatoms. The Bertz CT molecular complexity index is 583. The summed E-state index contributed by atoms with van der Waals surface area (Å²) in [6, 6.07) is -3.56. The number of guanidine groups is 1. The van der Waals surface area contributed by atoms with Crippen LogP contribution in [0.3, 0.4) is 0 Å². The van der Waals surface area contributed by atoms with Gasteiger partial charge in [-0.15, -0.1) is 0 Å². The first-order valence-electron chi connectivity index (χ1n) is 8.43. The molecular formula is C15H28N6O6S. The van der Waals surface area contributed by atoms with Gasteiger partial charge in [0.25, 0.3) is 0 Å². The van der Waals surface area contributed by atoms with Crippen LogP contribution in [0, 0.1) is 0 Å². The number of nitrogens with one attached hydrogen (secondary N) is 2. The van der Waals surface area contributed by atoms with Gasteiger partial charge in [-0.25, -0.2) is 4.79 Å². The second kappa shape index (κ2) is 13.6. The summed E-state index contributed by atoms with van der Waals surface area (Å²) in [5, 5.41) is 22.7. The fourth-order valence-corrected chi connectivity index (χ4v) is 2.57. The van der Waals surface area contributed by atoms with E-state index in [0.717, 1.165) is 0 Å². The van der Waals surface area contributed by atoms with Crippen LogP contribution >= 0.6 is 11.8 Å². The van der Waals surface area contributed by atoms with E-state index >= 15 is 0 Å². The summed E-state index contributed by atoms with van der Waals surface area (Å²) in [7, 11) is 0. The third-order valence-electron chi connectivity index (χ3n) is 3.53. The van der Waals surface area contributed by atoms with Gasteiger partial charge < -0.3 is 38.0 Å². The molecule has 0 aromatic heterocycles. The van der Waals surface area contributed by atoms with Gasteiger partial charge in [-0.05, 0) is 31.3 Å². The number of aliphatic carboxylic acids is 2. The largest absolute Gasteiger partial charge is 0.481 e. The summed E-state index contributed by atoms with van der Waals surface area (Å²) in [5.41, 5.74) is 15.9. The first-order chi connectivity index (χ1) is 13.1. The van der Waals surface area contributed by atoms with Crippen molar-refractivity contribution >= 4 is 41.5 Å². The number of hydrogen-bond acceptors (Lipinski definition) is 7. The normalized spacial score (nSPS) is 13.6. The monoisotopic (exact) mass is 420 g/mol. The van der Waals surface area contributed by atoms with Crippen LogP contribution in [0.4, 0.5) is 0 Å². The van der Waals surface area contributed by atoms with Gasteiger partial charge >= 0.3 is 11.9 Å². The standard InChI is InChI=1S/C15H28N6O6S/c1-28-6-4-9(20-12(24)8(16)7-11(22)23)13(25)21-10(14(26)27)3-2-5-19-15(17)18/h8-10H,2-7,16H2,1H3,(H,20,24)(H,21,25)(H,22,23)(H,26,27)(H4,17,18,19)/t8-,9-,10-/m0/s1. The van der Waals surface area contributed by atoms with Gasteiger partial charge in [0.2, 0.25) is 11.8 Å². The molecule has 0 rings (SSSR count). The average Bonchev–Trinajstić information content (AvgIpc) is 2.59. The van der Waals surface area contributed by atoms with E-state index in [1.807, 2.05) is 0 Å². The van der Waals surface area contributed by atoms with Crippen molar-refractivity contribution in [1.82, 2.24) is 10.6 Å². The highest BCUT2D eigenvalue weighted by Gasteiger charge is 2.28. The number of aliphatic imine (C=N–C) groups is 1. The lowest BCUT2D eigenvalue weighted by Gasteiger charge is -2.22. The Kier molecular flexibility index (Phi) is 12.4. The number of carboxylic acids is 2. The zero-order valence-corrected chi connectivity index (χ0v) is 16.4. The summed E-state index contributed by atoms with van der Waals surface area (Å²) >= 11 is 1.43. The second-order valence-electron chi connectivity index (χ2n) is 5.90. The minimum atomic E-state index is -1.32. The van der Waals surface area contributed by atoms with Gasteiger partial charge in [0.15, 0.2) is 5.96 Å². The number of carboxylic acid groups (broad SMARTS) is 2. The molecule has 10 N–H and O–H groups in total. The molecule has 0 fully saturated rings. The summed E-state index contributed by atoms with van der Waals surface area (Å²) in [4.78, 5) is 50.2. The van der Waals surface area contributed by atoms with Gasteiger partial charge in [0, 0.05) is 6.54 Å². The first-order valence-corrected chi connectivity index (χ1v) is 9.83. The van der Waals surface area contributed by atoms with Gasteiger partial charge in [-0.2, -0.15) is 11.8 Å². The number of nitrogens with two attached hydrogens (primary N) is 3. The Labute approximate surface area is 166 Å². The second-order valence-corrected chi connectivity index (χ2v) is 6.88. The topological polar surface area (TPSA) is 223 Å². The van der Waals surface area contributed by atoms with Crippen LogP contribution in [-0.2, 0) is 19.2 Å². The molecule has 0 aromatic carbocycles. The number of carbonyl (C=O) groups is 4. The summed E-state index contributed by atoms with van der Waals surface area (Å²) in [6.45, 7) is 0.207. The zero-order chi connectivity index (χ0) is 21.7. The summed E-state index contributed by atoms with van der Waals surface area (Å²) < 4.78 is 0. The molecule has 28 heavy (non-hydrogen) atoms. The maximum absolute atomic E-state index is 12.5. The van der Waals surface area contributed by atoms with Gasteiger partial charge in [0.05, 0.1) is 12.5 Å². The predicted molar refractivity (Wildman–Crippen MR) is 105 cm³/mol. The number of hydrogen-bond donors (Lipinski definition) is 7. The van der Waals surface area contributed by atoms with Crippen molar-refractivity contribution in [3.63, 3.8) is 0 Å². The molecule has 0 aliphatic heterocycles. The smallest absolute Gasteiger partial charge is 0.326 e. The summed E-state index contributed by atoms with van der Waals surface area (Å²) in [5.74, 6) is -3.60. The third kappa shape index (κ3) is 11.2. The Balaban J connectivity index is 4.94. The molecule has 12 nitrogen and oxygen atoms in total. The van der Waals surface area contributed by atoms with Crippen LogP contribution in [0.1, 0.15) is 25.7 Å². The van der Waals surface area contributed by atoms with E-state index in [2.05, 4.69) is 15.6 Å². The van der Waals surface area contributed by atoms with Crippen LogP contribution < -0.4 is 27.8 Å². The molecule has 0 saturated carbocycles. The Hall–Kier alpha value is -2.54. The number of nitrogens with zero attached hydrogens (tertiary/aromatic N) is 1. The Morgan fingerprint density at radius 1 is 1.04 bits per heavy atom. The lowest BCUT2D eigenvalue weighted by atomic mass is 10.1. The van der Waals surface area contributed by atoms with Crippen molar-refractivity contribution in [2.45, 2.75) is 43.8 Å². The molecule has 0 aliphatic carbocycles. The predicted octanol–water partition coefficient (Wildman–Crippen LogP) is -2.35. The van der Waals surface area contributed by atoms with Crippen LogP contribution in [0.15, 0.2) is 4.99 Å². The first kappa shape index (κ1) is 25.5. The maximum atomic E-state index is 12.5. The van der Waals surface area contributed by atoms with E-state index in [0.29, 0.717) is 12.2 Å². The van der Waals surface area contributed by atoms with Gasteiger partial charge in [0.1, 0.15) is 12.1 Å². The van der Waals surface area contributed by atoms with Gasteiger partial charge in [-0.3, -0.25) is 19.4 Å². The molecule has 0 saturated heterocycles. The van der Waals surface area contributed by atoms with Crippen LogP contribution in [0.5, 0.6) is 0 Å². The number of carbonyl (C=O) groups excluding carboxylic acids is 2. The van der Waals surface area contributed by atoms with Crippen molar-refractivity contribution in [3.8, 4) is 0 Å². The van der Waals surface area contributed by atoms with E-state index in [-0.39, 0.29) is 25.3 Å². The average molecular weight is 420 g/mol. The molecule has 160 valence electrons. The quantitative estimate of drug-likeness (QED) is 0.0899. The molecule has 0 heterocycles. The maximum Gasteiger partial charge on any atom is 0.326 e. The number of amides is 2. The van der Waals surface area contributed by atoms with Crippen LogP contribution in [0.25, 0.3) is 0 Å². The fourth-order valence-electron chi connectivity index (χ4n) is 2.10. The van der Waals surface area contributed by atoms with E-state index in [9.17, 15) is 24.3 Å². The van der Waals surface area contributed by atoms with Crippen molar-refractivity contribution in [1.29, 1.82) is 0 Å². The summed E-state index contributed by atoms with van der Waals surface area (Å²) in [6.07, 6.45) is 1.83. The van der Waals surface area contributed by atoms with E-state index in [4.69, 9.17) is 22.3 Å². The number of thioether (sulfide) groups is 1. The van der Waals surface area contributed by atoms with Crippen molar-refractivity contribution < 1.29 is 29.4 Å². The highest BCUT2D eigenvalue weighted by Crippen LogP contribution is 2.05. The highest BCUT2D eigenvalue weighted by molar-refractivity contribution is 7.98. The molecule has 0 aliphatic rings. The molecule has 2 amide bonds. The van der Waals surface area contributed by atoms with E-state index < -0.39 is 48.3 Å². The van der Waals surface area contributed by atoms with Gasteiger partial charge in [-0.1, -0.05) is 0 Å². The molecule has 0 spiro atoms. The molecule has 0 bridgehead atoms. The lowest BCUT2D eigenvalue weighted by Crippen LogP contribution is -2.54. The zero-order valence-electron chi connectivity index (χ0n) is 15.6. The van der Waals surface area contributed by atoms with Crippen molar-refractivity contribution in [2.24, 2.45) is 22.2 Å². The van der Waals surface area contributed by atoms with Crippen LogP contribution in [-0.4, -0.2) is 76.6 Å².